The van der Waals surface area contributed by atoms with Gasteiger partial charge in [0.25, 0.3) is 0 Å². The Hall–Kier alpha value is -5.48. The molecular formula is C36H22N2O2. The van der Waals surface area contributed by atoms with Crippen LogP contribution in [0.25, 0.3) is 77.2 Å². The van der Waals surface area contributed by atoms with E-state index in [1.165, 1.54) is 67.4 Å². The van der Waals surface area contributed by atoms with Gasteiger partial charge >= 0.3 is 0 Å². The second kappa shape index (κ2) is 9.07. The number of benzene rings is 6. The molecule has 6 aromatic carbocycles. The Morgan fingerprint density at radius 2 is 0.725 bits per heavy atom. The van der Waals surface area contributed by atoms with Crippen LogP contribution in [0.3, 0.4) is 0 Å². The highest BCUT2D eigenvalue weighted by molar-refractivity contribution is 6.26. The molecule has 0 aliphatic heterocycles. The van der Waals surface area contributed by atoms with Crippen molar-refractivity contribution in [1.82, 2.24) is 9.97 Å². The maximum absolute atomic E-state index is 5.45. The predicted molar refractivity (Wildman–Crippen MR) is 161 cm³/mol. The van der Waals surface area contributed by atoms with Crippen molar-refractivity contribution in [3.63, 3.8) is 0 Å². The molecule has 4 heteroatoms. The quantitative estimate of drug-likeness (QED) is 0.219. The lowest BCUT2D eigenvalue weighted by molar-refractivity contribution is 0.571. The summed E-state index contributed by atoms with van der Waals surface area (Å²) in [4.78, 5) is 8.06. The van der Waals surface area contributed by atoms with Crippen LogP contribution in [0.5, 0.6) is 0 Å². The first-order chi connectivity index (χ1) is 19.8. The molecule has 0 amide bonds. The van der Waals surface area contributed by atoms with E-state index in [4.69, 9.17) is 8.83 Å². The van der Waals surface area contributed by atoms with Gasteiger partial charge in [-0.25, -0.2) is 9.97 Å². The highest BCUT2D eigenvalue weighted by atomic mass is 16.3. The SMILES string of the molecule is c1ccc2c(c1)c1cc(-c3ccc(-c4cnco4)cc3)ccc1c1ccc(-c3ccc(-c4cnco4)cc3)cc21. The minimum Gasteiger partial charge on any atom is -0.444 e. The third-order valence-corrected chi connectivity index (χ3v) is 7.71. The zero-order chi connectivity index (χ0) is 26.5. The lowest BCUT2D eigenvalue weighted by Crippen LogP contribution is -1.87. The van der Waals surface area contributed by atoms with E-state index < -0.39 is 0 Å². The van der Waals surface area contributed by atoms with Crippen LogP contribution in [-0.2, 0) is 0 Å². The van der Waals surface area contributed by atoms with Gasteiger partial charge in [0.2, 0.25) is 0 Å². The van der Waals surface area contributed by atoms with E-state index in [2.05, 4.69) is 119 Å². The molecule has 8 rings (SSSR count). The first kappa shape index (κ1) is 22.5. The average molecular weight is 515 g/mol. The molecule has 0 bridgehead atoms. The Morgan fingerprint density at radius 3 is 1.12 bits per heavy atom. The standard InChI is InChI=1S/C36H22N2O2/c1-2-4-30-29(3-1)33-17-27(23-5-9-25(10-6-23)35-19-37-21-39-35)13-15-31(33)32-16-14-28(18-34(30)32)24-7-11-26(12-8-24)36-20-38-22-40-36/h1-22H. The highest BCUT2D eigenvalue weighted by Gasteiger charge is 2.12. The number of fused-ring (bicyclic) bond motifs is 6. The lowest BCUT2D eigenvalue weighted by Gasteiger charge is -2.14. The van der Waals surface area contributed by atoms with Crippen molar-refractivity contribution in [1.29, 1.82) is 0 Å². The number of rotatable bonds is 4. The van der Waals surface area contributed by atoms with Crippen LogP contribution in [0, 0.1) is 0 Å². The van der Waals surface area contributed by atoms with Gasteiger partial charge in [0.15, 0.2) is 24.3 Å². The van der Waals surface area contributed by atoms with Crippen LogP contribution >= 0.6 is 0 Å². The molecule has 0 unspecified atom stereocenters. The number of hydrogen-bond acceptors (Lipinski definition) is 4. The van der Waals surface area contributed by atoms with Crippen molar-refractivity contribution < 1.29 is 8.83 Å². The maximum Gasteiger partial charge on any atom is 0.181 e. The van der Waals surface area contributed by atoms with Gasteiger partial charge in [0.1, 0.15) is 0 Å². The number of oxazole rings is 2. The van der Waals surface area contributed by atoms with Crippen LogP contribution in [0.1, 0.15) is 0 Å². The van der Waals surface area contributed by atoms with E-state index in [1.54, 1.807) is 12.4 Å². The lowest BCUT2D eigenvalue weighted by atomic mass is 9.90. The zero-order valence-electron chi connectivity index (χ0n) is 21.4. The third-order valence-electron chi connectivity index (χ3n) is 7.71. The molecule has 0 N–H and O–H groups in total. The summed E-state index contributed by atoms with van der Waals surface area (Å²) < 4.78 is 10.9. The Kier molecular flexibility index (Phi) is 5.10. The van der Waals surface area contributed by atoms with Gasteiger partial charge < -0.3 is 8.83 Å². The number of aromatic nitrogens is 2. The van der Waals surface area contributed by atoms with E-state index in [0.717, 1.165) is 22.6 Å². The Labute approximate surface area is 230 Å². The Morgan fingerprint density at radius 1 is 0.350 bits per heavy atom. The minimum atomic E-state index is 0.771. The summed E-state index contributed by atoms with van der Waals surface area (Å²) in [6.07, 6.45) is 6.39. The summed E-state index contributed by atoms with van der Waals surface area (Å²) in [7, 11) is 0. The molecule has 4 nitrogen and oxygen atoms in total. The van der Waals surface area contributed by atoms with Crippen LogP contribution in [0.15, 0.2) is 143 Å². The minimum absolute atomic E-state index is 0.771. The van der Waals surface area contributed by atoms with Gasteiger partial charge in [-0.05, 0) is 66.7 Å². The van der Waals surface area contributed by atoms with Crippen molar-refractivity contribution in [3.05, 3.63) is 134 Å². The molecule has 0 spiro atoms. The molecular weight excluding hydrogens is 492 g/mol. The molecule has 0 saturated heterocycles. The fraction of sp³-hybridized carbons (Fsp3) is 0. The predicted octanol–water partition coefficient (Wildman–Crippen LogP) is 9.79. The van der Waals surface area contributed by atoms with E-state index in [-0.39, 0.29) is 0 Å². The van der Waals surface area contributed by atoms with Crippen molar-refractivity contribution in [2.24, 2.45) is 0 Å². The topological polar surface area (TPSA) is 52.1 Å². The Bertz CT molecular complexity index is 1950. The smallest absolute Gasteiger partial charge is 0.181 e. The second-order valence-corrected chi connectivity index (χ2v) is 9.95. The van der Waals surface area contributed by atoms with E-state index in [1.807, 2.05) is 0 Å². The van der Waals surface area contributed by atoms with Crippen molar-refractivity contribution >= 4 is 32.3 Å². The fourth-order valence-electron chi connectivity index (χ4n) is 5.69. The molecule has 188 valence electrons. The monoisotopic (exact) mass is 514 g/mol. The molecule has 0 aliphatic carbocycles. The molecule has 8 aromatic rings. The van der Waals surface area contributed by atoms with E-state index in [9.17, 15) is 0 Å². The first-order valence-electron chi connectivity index (χ1n) is 13.2. The summed E-state index contributed by atoms with van der Waals surface area (Å²) in [5.74, 6) is 1.54. The molecule has 0 radical (unpaired) electrons. The normalized spacial score (nSPS) is 11.5. The summed E-state index contributed by atoms with van der Waals surface area (Å²) >= 11 is 0. The van der Waals surface area contributed by atoms with Gasteiger partial charge in [0.05, 0.1) is 12.4 Å². The van der Waals surface area contributed by atoms with E-state index in [0.29, 0.717) is 0 Å². The van der Waals surface area contributed by atoms with Gasteiger partial charge in [0, 0.05) is 11.1 Å². The Balaban J connectivity index is 1.25. The summed E-state index contributed by atoms with van der Waals surface area (Å²) in [5, 5.41) is 7.52. The zero-order valence-corrected chi connectivity index (χ0v) is 21.4. The van der Waals surface area contributed by atoms with Gasteiger partial charge in [-0.1, -0.05) is 97.1 Å². The largest absolute Gasteiger partial charge is 0.444 e. The fourth-order valence-corrected chi connectivity index (χ4v) is 5.69. The summed E-state index contributed by atoms with van der Waals surface area (Å²) in [6.45, 7) is 0. The van der Waals surface area contributed by atoms with Crippen LogP contribution in [-0.4, -0.2) is 9.97 Å². The van der Waals surface area contributed by atoms with Crippen molar-refractivity contribution in [3.8, 4) is 44.9 Å². The molecule has 2 aromatic heterocycles. The van der Waals surface area contributed by atoms with Gasteiger partial charge in [-0.15, -0.1) is 0 Å². The van der Waals surface area contributed by atoms with Crippen LogP contribution < -0.4 is 0 Å². The summed E-state index contributed by atoms with van der Waals surface area (Å²) in [5.41, 5.74) is 6.73. The van der Waals surface area contributed by atoms with Gasteiger partial charge in [-0.3, -0.25) is 0 Å². The molecule has 0 saturated carbocycles. The molecule has 40 heavy (non-hydrogen) atoms. The highest BCUT2D eigenvalue weighted by Crippen LogP contribution is 2.39. The molecule has 0 fully saturated rings. The van der Waals surface area contributed by atoms with Crippen molar-refractivity contribution in [2.75, 3.05) is 0 Å². The molecule has 2 heterocycles. The molecule has 0 aliphatic rings. The summed E-state index contributed by atoms with van der Waals surface area (Å²) in [6, 6.07) is 39.2. The maximum atomic E-state index is 5.45. The van der Waals surface area contributed by atoms with Crippen LogP contribution in [0.2, 0.25) is 0 Å². The first-order valence-corrected chi connectivity index (χ1v) is 13.2. The van der Waals surface area contributed by atoms with Crippen LogP contribution in [0.4, 0.5) is 0 Å². The molecule has 0 atom stereocenters. The average Bonchev–Trinajstić information content (AvgIpc) is 3.77. The number of hydrogen-bond donors (Lipinski definition) is 0. The van der Waals surface area contributed by atoms with Crippen molar-refractivity contribution in [2.45, 2.75) is 0 Å². The second-order valence-electron chi connectivity index (χ2n) is 9.95. The number of nitrogens with zero attached hydrogens (tertiary/aromatic N) is 2. The third kappa shape index (κ3) is 3.69. The van der Waals surface area contributed by atoms with E-state index >= 15 is 0 Å². The van der Waals surface area contributed by atoms with Gasteiger partial charge in [-0.2, -0.15) is 0 Å².